The molecule has 2 aliphatic rings. The van der Waals surface area contributed by atoms with Crippen LogP contribution in [-0.2, 0) is 41.8 Å². The number of Topliss-reactive ketones (excluding diaryl/α,β-unsaturated/α-hetero) is 1. The molecule has 1 unspecified atom stereocenters. The molecule has 0 bridgehead atoms. The van der Waals surface area contributed by atoms with Gasteiger partial charge in [-0.25, -0.2) is 8.78 Å². The summed E-state index contributed by atoms with van der Waals surface area (Å²) in [5.74, 6) is -4.89. The quantitative estimate of drug-likeness (QED) is 0.0814. The molecule has 5 rings (SSSR count). The van der Waals surface area contributed by atoms with Crippen LogP contribution in [0.15, 0.2) is 30.4 Å². The van der Waals surface area contributed by atoms with Crippen molar-refractivity contribution in [2.45, 2.75) is 44.9 Å². The van der Waals surface area contributed by atoms with Gasteiger partial charge in [-0.3, -0.25) is 28.9 Å². The van der Waals surface area contributed by atoms with Crippen molar-refractivity contribution in [1.82, 2.24) is 9.80 Å². The number of methoxy groups -OCH3 is 2. The zero-order chi connectivity index (χ0) is 37.5. The third-order valence-corrected chi connectivity index (χ3v) is 9.38. The van der Waals surface area contributed by atoms with E-state index in [0.29, 0.717) is 16.5 Å². The standard InChI is InChI=1S/C35H34F2N2O12S/c1-47-23-14-19-17-38(27(41)6-7-30(44)45)18-21(19)32(37)34(23)50-11-3-12-51-35-24(48-2)16-25-20(31(35)36)15-26(52-25)33(46)22(8-10-40)49-13-9-39-28(42)4-5-29(39)43/h4-5,10,14-16,22H,3,6-9,11-13,17-18H2,1-2H3,(H,44,45). The molecule has 3 heterocycles. The molecule has 52 heavy (non-hydrogen) atoms. The van der Waals surface area contributed by atoms with Crippen LogP contribution in [0.1, 0.15) is 46.5 Å². The maximum Gasteiger partial charge on any atom is 0.303 e. The van der Waals surface area contributed by atoms with E-state index in [9.17, 15) is 28.8 Å². The Labute approximate surface area is 299 Å². The van der Waals surface area contributed by atoms with Gasteiger partial charge in [0.2, 0.25) is 11.7 Å². The largest absolute Gasteiger partial charge is 0.493 e. The first-order valence-electron chi connectivity index (χ1n) is 16.0. The van der Waals surface area contributed by atoms with Gasteiger partial charge in [-0.2, -0.15) is 0 Å². The van der Waals surface area contributed by atoms with E-state index in [1.54, 1.807) is 6.07 Å². The van der Waals surface area contributed by atoms with Crippen LogP contribution in [0.25, 0.3) is 10.1 Å². The van der Waals surface area contributed by atoms with E-state index in [4.69, 9.17) is 28.8 Å². The number of rotatable bonds is 19. The number of thiophene rings is 1. The van der Waals surface area contributed by atoms with E-state index in [1.807, 2.05) is 0 Å². The van der Waals surface area contributed by atoms with Gasteiger partial charge in [-0.15, -0.1) is 11.3 Å². The Bertz CT molecular complexity index is 1930. The van der Waals surface area contributed by atoms with Crippen LogP contribution >= 0.6 is 11.3 Å². The van der Waals surface area contributed by atoms with E-state index in [2.05, 4.69) is 0 Å². The van der Waals surface area contributed by atoms with Crippen molar-refractivity contribution in [3.8, 4) is 23.0 Å². The van der Waals surface area contributed by atoms with Crippen LogP contribution < -0.4 is 18.9 Å². The number of halogens is 2. The number of carboxylic acids is 1. The minimum Gasteiger partial charge on any atom is -0.493 e. The molecular weight excluding hydrogens is 710 g/mol. The number of hydrogen-bond acceptors (Lipinski definition) is 12. The SMILES string of the molecule is COc1cc2c(c(F)c1OCCCOc1c(OC)cc3sc(C(=O)C(CC=O)OCCN4C(=O)C=CC4=O)cc3c1F)CN(C(=O)CCC(=O)O)C2. The predicted molar refractivity (Wildman–Crippen MR) is 179 cm³/mol. The molecule has 0 saturated heterocycles. The summed E-state index contributed by atoms with van der Waals surface area (Å²) in [6, 6.07) is 4.38. The van der Waals surface area contributed by atoms with Crippen LogP contribution in [0.3, 0.4) is 0 Å². The topological polar surface area (TPSA) is 175 Å². The first-order chi connectivity index (χ1) is 25.0. The maximum atomic E-state index is 15.8. The second-order valence-electron chi connectivity index (χ2n) is 11.6. The number of aliphatic carboxylic acids is 1. The fraction of sp³-hybridized carbons (Fsp3) is 0.371. The molecule has 0 aliphatic carbocycles. The van der Waals surface area contributed by atoms with Gasteiger partial charge in [0.05, 0.1) is 51.9 Å². The van der Waals surface area contributed by atoms with Gasteiger partial charge in [0.1, 0.15) is 12.4 Å². The second kappa shape index (κ2) is 16.7. The summed E-state index contributed by atoms with van der Waals surface area (Å²) in [7, 11) is 2.66. The third-order valence-electron chi connectivity index (χ3n) is 8.28. The summed E-state index contributed by atoms with van der Waals surface area (Å²) in [6.45, 7) is -0.408. The van der Waals surface area contributed by atoms with Crippen molar-refractivity contribution < 1.29 is 66.3 Å². The number of amides is 3. The van der Waals surface area contributed by atoms with Crippen LogP contribution in [0.5, 0.6) is 23.0 Å². The van der Waals surface area contributed by atoms with Crippen molar-refractivity contribution in [3.63, 3.8) is 0 Å². The lowest BCUT2D eigenvalue weighted by Crippen LogP contribution is -2.35. The molecule has 17 heteroatoms. The third kappa shape index (κ3) is 8.21. The zero-order valence-electron chi connectivity index (χ0n) is 28.1. The summed E-state index contributed by atoms with van der Waals surface area (Å²) < 4.78 is 59.3. The molecule has 2 aromatic carbocycles. The monoisotopic (exact) mass is 744 g/mol. The molecule has 1 aromatic heterocycles. The summed E-state index contributed by atoms with van der Waals surface area (Å²) in [6.07, 6.45) is 0.828. The fourth-order valence-electron chi connectivity index (χ4n) is 5.64. The number of benzene rings is 2. The molecule has 276 valence electrons. The number of nitrogens with zero attached hydrogens (tertiary/aromatic N) is 2. The van der Waals surface area contributed by atoms with Crippen LogP contribution in [0, 0.1) is 11.6 Å². The van der Waals surface area contributed by atoms with Gasteiger partial charge < -0.3 is 38.5 Å². The first-order valence-corrected chi connectivity index (χ1v) is 16.8. The average Bonchev–Trinajstić information content (AvgIpc) is 3.85. The van der Waals surface area contributed by atoms with Gasteiger partial charge >= 0.3 is 5.97 Å². The molecule has 0 spiro atoms. The lowest BCUT2D eigenvalue weighted by Gasteiger charge is -2.17. The average molecular weight is 745 g/mol. The Balaban J connectivity index is 1.21. The lowest BCUT2D eigenvalue weighted by molar-refractivity contribution is -0.141. The number of carboxylic acid groups (broad SMARTS) is 1. The molecule has 3 aromatic rings. The molecule has 1 atom stereocenters. The van der Waals surface area contributed by atoms with Gasteiger partial charge in [0, 0.05) is 66.2 Å². The molecule has 3 amide bonds. The maximum absolute atomic E-state index is 15.8. The first kappa shape index (κ1) is 37.8. The van der Waals surface area contributed by atoms with Crippen LogP contribution in [-0.4, -0.2) is 97.4 Å². The van der Waals surface area contributed by atoms with E-state index in [-0.39, 0.29) is 104 Å². The Hall–Kier alpha value is -5.42. The number of imide groups is 1. The van der Waals surface area contributed by atoms with Gasteiger partial charge in [0.15, 0.2) is 34.6 Å². The molecule has 1 N–H and O–H groups in total. The van der Waals surface area contributed by atoms with Gasteiger partial charge in [0.25, 0.3) is 11.8 Å². The number of carbonyl (C=O) groups excluding carboxylic acids is 5. The van der Waals surface area contributed by atoms with E-state index >= 15 is 8.78 Å². The molecule has 2 aliphatic heterocycles. The van der Waals surface area contributed by atoms with Crippen molar-refractivity contribution in [2.75, 3.05) is 40.6 Å². The minimum atomic E-state index is -1.23. The number of ketones is 1. The molecule has 14 nitrogen and oxygen atoms in total. The van der Waals surface area contributed by atoms with Crippen molar-refractivity contribution in [1.29, 1.82) is 0 Å². The van der Waals surface area contributed by atoms with E-state index in [0.717, 1.165) is 28.4 Å². The van der Waals surface area contributed by atoms with Crippen molar-refractivity contribution >= 4 is 57.2 Å². The predicted octanol–water partition coefficient (Wildman–Crippen LogP) is 3.83. The summed E-state index contributed by atoms with van der Waals surface area (Å²) in [4.78, 5) is 73.8. The van der Waals surface area contributed by atoms with Crippen molar-refractivity contribution in [2.24, 2.45) is 0 Å². The molecular formula is C35H34F2N2O12S. The van der Waals surface area contributed by atoms with Crippen molar-refractivity contribution in [3.05, 3.63) is 58.0 Å². The van der Waals surface area contributed by atoms with Crippen LogP contribution in [0.2, 0.25) is 0 Å². The van der Waals surface area contributed by atoms with Crippen LogP contribution in [0.4, 0.5) is 8.78 Å². The second-order valence-corrected chi connectivity index (χ2v) is 12.7. The highest BCUT2D eigenvalue weighted by molar-refractivity contribution is 7.20. The Kier molecular flexibility index (Phi) is 12.2. The molecule has 0 saturated carbocycles. The van der Waals surface area contributed by atoms with E-state index < -0.39 is 47.2 Å². The number of aldehydes is 1. The number of hydrogen-bond donors (Lipinski definition) is 1. The molecule has 0 fully saturated rings. The summed E-state index contributed by atoms with van der Waals surface area (Å²) in [5.41, 5.74) is 0.753. The number of ether oxygens (including phenoxy) is 5. The zero-order valence-corrected chi connectivity index (χ0v) is 28.9. The van der Waals surface area contributed by atoms with Gasteiger partial charge in [-0.1, -0.05) is 0 Å². The normalized spacial score (nSPS) is 14.2. The Morgan fingerprint density at radius 3 is 2.21 bits per heavy atom. The Morgan fingerprint density at radius 2 is 1.58 bits per heavy atom. The lowest BCUT2D eigenvalue weighted by atomic mass is 10.1. The minimum absolute atomic E-state index is 0.0493. The number of carbonyl (C=O) groups is 6. The summed E-state index contributed by atoms with van der Waals surface area (Å²) in [5, 5.41) is 8.93. The van der Waals surface area contributed by atoms with E-state index in [1.165, 1.54) is 31.3 Å². The highest BCUT2D eigenvalue weighted by Gasteiger charge is 2.31. The van der Waals surface area contributed by atoms with Gasteiger partial charge in [-0.05, 0) is 17.7 Å². The summed E-state index contributed by atoms with van der Waals surface area (Å²) >= 11 is 0.957. The highest BCUT2D eigenvalue weighted by atomic mass is 32.1. The highest BCUT2D eigenvalue weighted by Crippen LogP contribution is 2.41. The smallest absolute Gasteiger partial charge is 0.303 e. The number of fused-ring (bicyclic) bond motifs is 2. The molecule has 0 radical (unpaired) electrons. The Morgan fingerprint density at radius 1 is 0.923 bits per heavy atom. The fourth-order valence-corrected chi connectivity index (χ4v) is 6.71.